The van der Waals surface area contributed by atoms with E-state index in [4.69, 9.17) is 4.42 Å². The summed E-state index contributed by atoms with van der Waals surface area (Å²) in [6.45, 7) is 0.803. The lowest BCUT2D eigenvalue weighted by Gasteiger charge is -2.00. The molecule has 0 N–H and O–H groups in total. The highest BCUT2D eigenvalue weighted by Gasteiger charge is 2.09. The van der Waals surface area contributed by atoms with Crippen LogP contribution in [0.15, 0.2) is 71.3 Å². The maximum absolute atomic E-state index is 5.81. The normalized spacial score (nSPS) is 11.1. The van der Waals surface area contributed by atoms with Crippen LogP contribution >= 0.6 is 0 Å². The SMILES string of the molecule is c1ccc(CCn2cc(-c3cc4ccccc4o3)nn2)cc1. The molecule has 0 saturated carbocycles. The van der Waals surface area contributed by atoms with Gasteiger partial charge in [-0.05, 0) is 24.1 Å². The van der Waals surface area contributed by atoms with Crippen LogP contribution < -0.4 is 0 Å². The Hall–Kier alpha value is -2.88. The molecule has 0 atom stereocenters. The van der Waals surface area contributed by atoms with E-state index in [9.17, 15) is 0 Å². The van der Waals surface area contributed by atoms with E-state index in [1.54, 1.807) is 0 Å². The Kier molecular flexibility index (Phi) is 3.20. The first-order chi connectivity index (χ1) is 10.9. The van der Waals surface area contributed by atoms with E-state index in [2.05, 4.69) is 34.6 Å². The van der Waals surface area contributed by atoms with E-state index in [1.807, 2.05) is 47.3 Å². The fourth-order valence-corrected chi connectivity index (χ4v) is 2.52. The van der Waals surface area contributed by atoms with Gasteiger partial charge in [0.05, 0.1) is 6.20 Å². The molecule has 0 radical (unpaired) electrons. The van der Waals surface area contributed by atoms with Crippen molar-refractivity contribution in [2.75, 3.05) is 0 Å². The van der Waals surface area contributed by atoms with Crippen molar-refractivity contribution in [3.63, 3.8) is 0 Å². The van der Waals surface area contributed by atoms with Crippen molar-refractivity contribution in [2.24, 2.45) is 0 Å². The zero-order chi connectivity index (χ0) is 14.8. The van der Waals surface area contributed by atoms with E-state index < -0.39 is 0 Å². The molecule has 2 heterocycles. The van der Waals surface area contributed by atoms with Crippen LogP contribution in [-0.2, 0) is 13.0 Å². The second-order valence-corrected chi connectivity index (χ2v) is 5.25. The summed E-state index contributed by atoms with van der Waals surface area (Å²) < 4.78 is 7.67. The molecule has 2 aromatic carbocycles. The third kappa shape index (κ3) is 2.51. The molecule has 0 spiro atoms. The fraction of sp³-hybridized carbons (Fsp3) is 0.111. The maximum Gasteiger partial charge on any atom is 0.157 e. The molecule has 0 aliphatic rings. The molecule has 0 amide bonds. The zero-order valence-electron chi connectivity index (χ0n) is 12.0. The predicted octanol–water partition coefficient (Wildman–Crippen LogP) is 3.93. The minimum absolute atomic E-state index is 0.757. The van der Waals surface area contributed by atoms with Gasteiger partial charge in [-0.1, -0.05) is 53.7 Å². The summed E-state index contributed by atoms with van der Waals surface area (Å²) >= 11 is 0. The zero-order valence-corrected chi connectivity index (χ0v) is 12.0. The van der Waals surface area contributed by atoms with Crippen LogP contribution in [0, 0.1) is 0 Å². The average Bonchev–Trinajstić information content (AvgIpc) is 3.20. The van der Waals surface area contributed by atoms with Gasteiger partial charge in [-0.3, -0.25) is 4.68 Å². The lowest BCUT2D eigenvalue weighted by molar-refractivity contribution is 0.589. The highest BCUT2D eigenvalue weighted by atomic mass is 16.3. The molecule has 0 saturated heterocycles. The lowest BCUT2D eigenvalue weighted by Crippen LogP contribution is -2.01. The summed E-state index contributed by atoms with van der Waals surface area (Å²) in [6, 6.07) is 20.3. The molecule has 4 heteroatoms. The monoisotopic (exact) mass is 289 g/mol. The molecule has 4 rings (SSSR count). The van der Waals surface area contributed by atoms with Crippen LogP contribution in [-0.4, -0.2) is 15.0 Å². The van der Waals surface area contributed by atoms with Crippen molar-refractivity contribution in [3.05, 3.63) is 72.4 Å². The van der Waals surface area contributed by atoms with Gasteiger partial charge in [0, 0.05) is 11.9 Å². The van der Waals surface area contributed by atoms with Gasteiger partial charge < -0.3 is 4.42 Å². The molecule has 0 unspecified atom stereocenters. The quantitative estimate of drug-likeness (QED) is 0.571. The summed E-state index contributed by atoms with van der Waals surface area (Å²) in [4.78, 5) is 0. The summed E-state index contributed by atoms with van der Waals surface area (Å²) in [7, 11) is 0. The summed E-state index contributed by atoms with van der Waals surface area (Å²) in [6.07, 6.45) is 2.87. The number of fused-ring (bicyclic) bond motifs is 1. The van der Waals surface area contributed by atoms with E-state index in [1.165, 1.54) is 5.56 Å². The predicted molar refractivity (Wildman–Crippen MR) is 85.4 cm³/mol. The average molecular weight is 289 g/mol. The minimum Gasteiger partial charge on any atom is -0.454 e. The minimum atomic E-state index is 0.757. The van der Waals surface area contributed by atoms with Gasteiger partial charge in [0.2, 0.25) is 0 Å². The lowest BCUT2D eigenvalue weighted by atomic mass is 10.1. The number of para-hydroxylation sites is 1. The van der Waals surface area contributed by atoms with Gasteiger partial charge in [-0.15, -0.1) is 5.10 Å². The molecule has 22 heavy (non-hydrogen) atoms. The fourth-order valence-electron chi connectivity index (χ4n) is 2.52. The summed E-state index contributed by atoms with van der Waals surface area (Å²) in [5, 5.41) is 9.48. The summed E-state index contributed by atoms with van der Waals surface area (Å²) in [5.74, 6) is 0.757. The smallest absolute Gasteiger partial charge is 0.157 e. The molecular weight excluding hydrogens is 274 g/mol. The largest absolute Gasteiger partial charge is 0.454 e. The van der Waals surface area contributed by atoms with Gasteiger partial charge in [-0.25, -0.2) is 0 Å². The van der Waals surface area contributed by atoms with Gasteiger partial charge in [-0.2, -0.15) is 0 Å². The Bertz CT molecular complexity index is 860. The third-order valence-corrected chi connectivity index (χ3v) is 3.69. The van der Waals surface area contributed by atoms with E-state index in [0.717, 1.165) is 35.4 Å². The third-order valence-electron chi connectivity index (χ3n) is 3.69. The van der Waals surface area contributed by atoms with E-state index >= 15 is 0 Å². The first-order valence-electron chi connectivity index (χ1n) is 7.31. The van der Waals surface area contributed by atoms with Crippen molar-refractivity contribution in [3.8, 4) is 11.5 Å². The first kappa shape index (κ1) is 12.8. The molecule has 0 bridgehead atoms. The van der Waals surface area contributed by atoms with Gasteiger partial charge >= 0.3 is 0 Å². The molecule has 4 aromatic rings. The topological polar surface area (TPSA) is 43.9 Å². The van der Waals surface area contributed by atoms with Crippen molar-refractivity contribution < 1.29 is 4.42 Å². The Balaban J connectivity index is 1.53. The molecule has 0 aliphatic carbocycles. The summed E-state index contributed by atoms with van der Waals surface area (Å²) in [5.41, 5.74) is 2.93. The number of nitrogens with zero attached hydrogens (tertiary/aromatic N) is 3. The first-order valence-corrected chi connectivity index (χ1v) is 7.31. The Morgan fingerprint density at radius 2 is 1.77 bits per heavy atom. The Morgan fingerprint density at radius 1 is 0.955 bits per heavy atom. The van der Waals surface area contributed by atoms with Crippen LogP contribution in [0.2, 0.25) is 0 Å². The number of benzene rings is 2. The second kappa shape index (κ2) is 5.48. The van der Waals surface area contributed by atoms with Crippen molar-refractivity contribution >= 4 is 11.0 Å². The van der Waals surface area contributed by atoms with Gasteiger partial charge in [0.25, 0.3) is 0 Å². The molecule has 0 aliphatic heterocycles. The maximum atomic E-state index is 5.81. The number of aryl methyl sites for hydroxylation is 2. The van der Waals surface area contributed by atoms with Gasteiger partial charge in [0.15, 0.2) is 5.76 Å². The number of hydrogen-bond donors (Lipinski definition) is 0. The highest BCUT2D eigenvalue weighted by molar-refractivity contribution is 5.81. The standard InChI is InChI=1S/C18H15N3O/c1-2-6-14(7-3-1)10-11-21-13-16(19-20-21)18-12-15-8-4-5-9-17(15)22-18/h1-9,12-13H,10-11H2. The molecule has 4 nitrogen and oxygen atoms in total. The van der Waals surface area contributed by atoms with Crippen molar-refractivity contribution in [1.29, 1.82) is 0 Å². The van der Waals surface area contributed by atoms with E-state index in [-0.39, 0.29) is 0 Å². The van der Waals surface area contributed by atoms with Crippen molar-refractivity contribution in [1.82, 2.24) is 15.0 Å². The number of hydrogen-bond acceptors (Lipinski definition) is 3. The molecular formula is C18H15N3O. The van der Waals surface area contributed by atoms with Gasteiger partial charge in [0.1, 0.15) is 11.3 Å². The van der Waals surface area contributed by atoms with Crippen molar-refractivity contribution in [2.45, 2.75) is 13.0 Å². The highest BCUT2D eigenvalue weighted by Crippen LogP contribution is 2.25. The Morgan fingerprint density at radius 3 is 2.64 bits per heavy atom. The number of furan rings is 1. The van der Waals surface area contributed by atoms with E-state index in [0.29, 0.717) is 0 Å². The Labute approximate surface area is 128 Å². The van der Waals surface area contributed by atoms with Crippen LogP contribution in [0.1, 0.15) is 5.56 Å². The molecule has 108 valence electrons. The van der Waals surface area contributed by atoms with Crippen LogP contribution in [0.5, 0.6) is 0 Å². The second-order valence-electron chi connectivity index (χ2n) is 5.25. The number of aromatic nitrogens is 3. The van der Waals surface area contributed by atoms with Crippen LogP contribution in [0.3, 0.4) is 0 Å². The van der Waals surface area contributed by atoms with Crippen LogP contribution in [0.4, 0.5) is 0 Å². The van der Waals surface area contributed by atoms with Crippen LogP contribution in [0.25, 0.3) is 22.4 Å². The molecule has 0 fully saturated rings. The number of rotatable bonds is 4. The molecule has 2 aromatic heterocycles.